The quantitative estimate of drug-likeness (QED) is 0.804. The molecule has 0 saturated heterocycles. The van der Waals surface area contributed by atoms with Crippen molar-refractivity contribution in [2.24, 2.45) is 0 Å². The molecule has 0 aromatic heterocycles. The van der Waals surface area contributed by atoms with E-state index in [2.05, 4.69) is 15.9 Å². The second-order valence-corrected chi connectivity index (χ2v) is 6.18. The normalized spacial score (nSPS) is 12.2. The van der Waals surface area contributed by atoms with Crippen molar-refractivity contribution in [2.75, 3.05) is 12.9 Å². The zero-order valence-corrected chi connectivity index (χ0v) is 13.2. The second kappa shape index (κ2) is 7.11. The lowest BCUT2D eigenvalue weighted by Gasteiger charge is -2.12. The number of hydrogen-bond donors (Lipinski definition) is 1. The van der Waals surface area contributed by atoms with E-state index in [4.69, 9.17) is 4.74 Å². The molecule has 0 saturated carbocycles. The largest absolute Gasteiger partial charge is 0.497 e. The second-order valence-electron chi connectivity index (χ2n) is 4.17. The maximum Gasteiger partial charge on any atom is 0.132 e. The van der Waals surface area contributed by atoms with Crippen molar-refractivity contribution >= 4 is 27.7 Å². The Kier molecular flexibility index (Phi) is 5.46. The molecule has 0 fully saturated rings. The van der Waals surface area contributed by atoms with E-state index in [-0.39, 0.29) is 5.56 Å². The van der Waals surface area contributed by atoms with Crippen LogP contribution in [0.5, 0.6) is 5.75 Å². The third-order valence-electron chi connectivity index (χ3n) is 2.77. The molecule has 1 N–H and O–H groups in total. The van der Waals surface area contributed by atoms with Crippen molar-refractivity contribution in [1.82, 2.24) is 0 Å². The van der Waals surface area contributed by atoms with Gasteiger partial charge in [-0.1, -0.05) is 22.0 Å². The molecule has 0 aliphatic carbocycles. The highest BCUT2D eigenvalue weighted by atomic mass is 79.9. The van der Waals surface area contributed by atoms with Gasteiger partial charge in [0.1, 0.15) is 11.6 Å². The fourth-order valence-corrected chi connectivity index (χ4v) is 3.19. The number of benzene rings is 2. The minimum Gasteiger partial charge on any atom is -0.497 e. The summed E-state index contributed by atoms with van der Waals surface area (Å²) >= 11 is 4.87. The number of hydrogen-bond acceptors (Lipinski definition) is 3. The SMILES string of the molecule is COc1ccc(C(O)CSc2cccc(Br)c2)c(F)c1. The van der Waals surface area contributed by atoms with Crippen LogP contribution < -0.4 is 4.74 Å². The highest BCUT2D eigenvalue weighted by molar-refractivity contribution is 9.10. The van der Waals surface area contributed by atoms with Crippen LogP contribution in [0.15, 0.2) is 51.8 Å². The first-order valence-corrected chi connectivity index (χ1v) is 7.78. The van der Waals surface area contributed by atoms with Gasteiger partial charge in [0.05, 0.1) is 13.2 Å². The van der Waals surface area contributed by atoms with E-state index in [0.29, 0.717) is 11.5 Å². The van der Waals surface area contributed by atoms with Gasteiger partial charge in [0.25, 0.3) is 0 Å². The summed E-state index contributed by atoms with van der Waals surface area (Å²) in [6.45, 7) is 0. The summed E-state index contributed by atoms with van der Waals surface area (Å²) in [5.41, 5.74) is 0.285. The molecule has 2 aromatic carbocycles. The lowest BCUT2D eigenvalue weighted by molar-refractivity contribution is 0.198. The standard InChI is InChI=1S/C15H14BrFO2S/c1-19-11-5-6-13(14(17)8-11)15(18)9-20-12-4-2-3-10(16)7-12/h2-8,15,18H,9H2,1H3. The summed E-state index contributed by atoms with van der Waals surface area (Å²) in [4.78, 5) is 1.02. The molecule has 2 nitrogen and oxygen atoms in total. The van der Waals surface area contributed by atoms with Gasteiger partial charge in [-0.2, -0.15) is 0 Å². The Hall–Kier alpha value is -1.04. The summed E-state index contributed by atoms with van der Waals surface area (Å²) in [5, 5.41) is 10.1. The van der Waals surface area contributed by atoms with Crippen molar-refractivity contribution in [3.05, 3.63) is 58.3 Å². The van der Waals surface area contributed by atoms with E-state index in [1.807, 2.05) is 24.3 Å². The Balaban J connectivity index is 2.03. The lowest BCUT2D eigenvalue weighted by atomic mass is 10.1. The molecule has 2 aromatic rings. The van der Waals surface area contributed by atoms with Gasteiger partial charge in [0, 0.05) is 26.8 Å². The minimum absolute atomic E-state index is 0.285. The van der Waals surface area contributed by atoms with E-state index in [0.717, 1.165) is 9.37 Å². The van der Waals surface area contributed by atoms with Crippen LogP contribution in [0.1, 0.15) is 11.7 Å². The molecule has 0 spiro atoms. The van der Waals surface area contributed by atoms with Crippen LogP contribution in [0.25, 0.3) is 0 Å². The molecule has 0 aliphatic heterocycles. The molecular formula is C15H14BrFO2S. The molecular weight excluding hydrogens is 343 g/mol. The number of methoxy groups -OCH3 is 1. The van der Waals surface area contributed by atoms with Crippen molar-refractivity contribution < 1.29 is 14.2 Å². The van der Waals surface area contributed by atoms with Gasteiger partial charge in [-0.25, -0.2) is 4.39 Å². The summed E-state index contributed by atoms with van der Waals surface area (Å²) in [7, 11) is 1.48. The smallest absolute Gasteiger partial charge is 0.132 e. The fourth-order valence-electron chi connectivity index (χ4n) is 1.73. The van der Waals surface area contributed by atoms with Gasteiger partial charge in [0.15, 0.2) is 0 Å². The van der Waals surface area contributed by atoms with Crippen molar-refractivity contribution in [2.45, 2.75) is 11.0 Å². The number of halogens is 2. The Morgan fingerprint density at radius 1 is 1.30 bits per heavy atom. The van der Waals surface area contributed by atoms with Crippen LogP contribution in [0.2, 0.25) is 0 Å². The summed E-state index contributed by atoms with van der Waals surface area (Å²) in [6.07, 6.45) is -0.857. The lowest BCUT2D eigenvalue weighted by Crippen LogP contribution is -2.03. The van der Waals surface area contributed by atoms with Gasteiger partial charge in [-0.3, -0.25) is 0 Å². The first-order chi connectivity index (χ1) is 9.60. The van der Waals surface area contributed by atoms with Gasteiger partial charge in [-0.15, -0.1) is 11.8 Å². The van der Waals surface area contributed by atoms with E-state index in [1.54, 1.807) is 12.1 Å². The van der Waals surface area contributed by atoms with Crippen LogP contribution in [-0.2, 0) is 0 Å². The highest BCUT2D eigenvalue weighted by Crippen LogP contribution is 2.29. The molecule has 0 aliphatic rings. The Bertz CT molecular complexity index is 592. The van der Waals surface area contributed by atoms with Crippen molar-refractivity contribution in [3.8, 4) is 5.75 Å². The average Bonchev–Trinajstić information content (AvgIpc) is 2.44. The van der Waals surface area contributed by atoms with E-state index < -0.39 is 11.9 Å². The zero-order valence-electron chi connectivity index (χ0n) is 10.8. The van der Waals surface area contributed by atoms with E-state index in [1.165, 1.54) is 24.9 Å². The summed E-state index contributed by atoms with van der Waals surface area (Å²) in [6, 6.07) is 12.2. The van der Waals surface area contributed by atoms with Crippen LogP contribution >= 0.6 is 27.7 Å². The topological polar surface area (TPSA) is 29.5 Å². The maximum absolute atomic E-state index is 13.8. The highest BCUT2D eigenvalue weighted by Gasteiger charge is 2.14. The number of aliphatic hydroxyl groups excluding tert-OH is 1. The van der Waals surface area contributed by atoms with Gasteiger partial charge in [0.2, 0.25) is 0 Å². The molecule has 0 bridgehead atoms. The summed E-state index contributed by atoms with van der Waals surface area (Å²) in [5.74, 6) is 0.379. The van der Waals surface area contributed by atoms with Crippen LogP contribution in [0, 0.1) is 5.82 Å². The fraction of sp³-hybridized carbons (Fsp3) is 0.200. The molecule has 0 heterocycles. The number of thioether (sulfide) groups is 1. The Morgan fingerprint density at radius 3 is 2.75 bits per heavy atom. The van der Waals surface area contributed by atoms with Crippen molar-refractivity contribution in [1.29, 1.82) is 0 Å². The molecule has 1 atom stereocenters. The number of aliphatic hydroxyl groups is 1. The van der Waals surface area contributed by atoms with Crippen LogP contribution in [0.3, 0.4) is 0 Å². The summed E-state index contributed by atoms with van der Waals surface area (Å²) < 4.78 is 19.7. The van der Waals surface area contributed by atoms with Gasteiger partial charge in [-0.05, 0) is 30.3 Å². The molecule has 106 valence electrons. The first kappa shape index (κ1) is 15.4. The number of ether oxygens (including phenoxy) is 1. The van der Waals surface area contributed by atoms with Crippen molar-refractivity contribution in [3.63, 3.8) is 0 Å². The predicted octanol–water partition coefficient (Wildman–Crippen LogP) is 4.42. The Labute approximate surface area is 130 Å². The number of rotatable bonds is 5. The molecule has 1 unspecified atom stereocenters. The molecule has 0 amide bonds. The minimum atomic E-state index is -0.857. The monoisotopic (exact) mass is 356 g/mol. The molecule has 0 radical (unpaired) electrons. The third-order valence-corrected chi connectivity index (χ3v) is 4.33. The van der Waals surface area contributed by atoms with Gasteiger partial charge < -0.3 is 9.84 Å². The van der Waals surface area contributed by atoms with Crippen LogP contribution in [0.4, 0.5) is 4.39 Å². The Morgan fingerprint density at radius 2 is 2.10 bits per heavy atom. The van der Waals surface area contributed by atoms with E-state index >= 15 is 0 Å². The first-order valence-electron chi connectivity index (χ1n) is 6.00. The zero-order chi connectivity index (χ0) is 14.5. The molecule has 5 heteroatoms. The van der Waals surface area contributed by atoms with Crippen LogP contribution in [-0.4, -0.2) is 18.0 Å². The third kappa shape index (κ3) is 3.98. The predicted molar refractivity (Wildman–Crippen MR) is 82.8 cm³/mol. The molecule has 20 heavy (non-hydrogen) atoms. The average molecular weight is 357 g/mol. The van der Waals surface area contributed by atoms with E-state index in [9.17, 15) is 9.50 Å². The van der Waals surface area contributed by atoms with Gasteiger partial charge >= 0.3 is 0 Å². The molecule has 2 rings (SSSR count). The maximum atomic E-state index is 13.8.